The fourth-order valence-electron chi connectivity index (χ4n) is 0.313. The van der Waals surface area contributed by atoms with Gasteiger partial charge >= 0.3 is 5.69 Å². The third-order valence-corrected chi connectivity index (χ3v) is 4.81. The zero-order chi connectivity index (χ0) is 9.45. The van der Waals surface area contributed by atoms with Crippen LogP contribution in [0.5, 0.6) is 0 Å². The van der Waals surface area contributed by atoms with Crippen LogP contribution in [0.2, 0.25) is 0 Å². The van der Waals surface area contributed by atoms with Crippen molar-refractivity contribution < 1.29 is 9.42 Å². The fraction of sp³-hybridized carbons (Fsp3) is 0.429. The highest BCUT2D eigenvalue weighted by molar-refractivity contribution is 8.67. The van der Waals surface area contributed by atoms with Gasteiger partial charge in [0.15, 0.2) is 0 Å². The molecule has 2 nitrogen and oxygen atoms in total. The van der Waals surface area contributed by atoms with Gasteiger partial charge in [0.1, 0.15) is 6.11 Å². The van der Waals surface area contributed by atoms with Gasteiger partial charge in [-0.15, -0.1) is 12.3 Å². The third kappa shape index (κ3) is 6.58. The Morgan fingerprint density at radius 1 is 1.67 bits per heavy atom. The first-order chi connectivity index (χ1) is 5.62. The Balaban J connectivity index is 3.73. The maximum atomic E-state index is 9.20. The highest BCUT2D eigenvalue weighted by Gasteiger charge is 2.09. The molecule has 0 radical (unpaired) electrons. The van der Waals surface area contributed by atoms with Crippen LogP contribution in [0, 0.1) is 24.4 Å². The maximum absolute atomic E-state index is 9.20. The van der Waals surface area contributed by atoms with E-state index >= 15 is 0 Å². The lowest BCUT2D eigenvalue weighted by Crippen LogP contribution is -1.75. The lowest BCUT2D eigenvalue weighted by molar-refractivity contribution is 0.480. The van der Waals surface area contributed by atoms with Gasteiger partial charge in [-0.2, -0.15) is 0 Å². The zero-order valence-corrected chi connectivity index (χ0v) is 9.14. The minimum atomic E-state index is -2.70. The minimum Gasteiger partial charge on any atom is -0.383 e. The molecule has 1 atom stereocenters. The van der Waals surface area contributed by atoms with Gasteiger partial charge in [0, 0.05) is 12.8 Å². The molecular weight excluding hydrogens is 211 g/mol. The molecule has 12 heavy (non-hydrogen) atoms. The van der Waals surface area contributed by atoms with Crippen LogP contribution in [0.15, 0.2) is 0 Å². The van der Waals surface area contributed by atoms with Gasteiger partial charge in [-0.25, -0.2) is 0 Å². The Kier molecular flexibility index (Phi) is 6.34. The van der Waals surface area contributed by atoms with E-state index in [0.717, 1.165) is 11.4 Å². The van der Waals surface area contributed by atoms with Crippen molar-refractivity contribution in [2.75, 3.05) is 6.26 Å². The van der Waals surface area contributed by atoms with Crippen LogP contribution in [0.1, 0.15) is 12.8 Å². The Morgan fingerprint density at radius 2 is 2.33 bits per heavy atom. The first kappa shape index (κ1) is 11.9. The topological polar surface area (TPSA) is 29.5 Å². The summed E-state index contributed by atoms with van der Waals surface area (Å²) in [5, 5.41) is 0. The van der Waals surface area contributed by atoms with E-state index in [2.05, 4.69) is 29.8 Å². The van der Waals surface area contributed by atoms with Gasteiger partial charge in [0.2, 0.25) is 0 Å². The predicted molar refractivity (Wildman–Crippen MR) is 56.9 cm³/mol. The molecule has 5 heteroatoms. The lowest BCUT2D eigenvalue weighted by Gasteiger charge is -2.05. The van der Waals surface area contributed by atoms with Gasteiger partial charge in [0.25, 0.3) is 0 Å². The second-order valence-electron chi connectivity index (χ2n) is 1.73. The smallest absolute Gasteiger partial charge is 0.303 e. The summed E-state index contributed by atoms with van der Waals surface area (Å²) in [7, 11) is 0. The molecule has 1 N–H and O–H groups in total. The molecule has 0 saturated carbocycles. The van der Waals surface area contributed by atoms with Crippen LogP contribution in [0.3, 0.4) is 0 Å². The van der Waals surface area contributed by atoms with Crippen LogP contribution < -0.4 is 0 Å². The molecule has 0 aromatic carbocycles. The second kappa shape index (κ2) is 6.40. The predicted octanol–water partition coefficient (Wildman–Crippen LogP) is 1.96. The van der Waals surface area contributed by atoms with Crippen molar-refractivity contribution >= 4 is 28.9 Å². The summed E-state index contributed by atoms with van der Waals surface area (Å²) in [6.07, 6.45) is 10.2. The molecular formula is C7H9O2PS2. The molecule has 0 heterocycles. The first-order valence-corrected chi connectivity index (χ1v) is 7.61. The highest BCUT2D eigenvalue weighted by Crippen LogP contribution is 2.53. The van der Waals surface area contributed by atoms with Crippen molar-refractivity contribution in [1.29, 1.82) is 0 Å². The average molecular weight is 220 g/mol. The summed E-state index contributed by atoms with van der Waals surface area (Å²) in [6.45, 7) is 0. The number of unbranched alkanes of at least 4 members (excludes halogenated alkanes) is 1. The highest BCUT2D eigenvalue weighted by atomic mass is 32.9. The Morgan fingerprint density at radius 3 is 2.83 bits per heavy atom. The van der Waals surface area contributed by atoms with E-state index in [1.165, 1.54) is 0 Å². The van der Waals surface area contributed by atoms with E-state index in [4.69, 9.17) is 10.9 Å². The van der Waals surface area contributed by atoms with Crippen LogP contribution in [0.4, 0.5) is 0 Å². The summed E-state index contributed by atoms with van der Waals surface area (Å²) < 4.78 is 4.74. The quantitative estimate of drug-likeness (QED) is 0.447. The SMILES string of the molecule is C#CCCC#COP(O)(=S)SC. The van der Waals surface area contributed by atoms with E-state index in [-0.39, 0.29) is 0 Å². The Hall–Kier alpha value is -0.120. The van der Waals surface area contributed by atoms with Crippen molar-refractivity contribution in [3.05, 3.63) is 0 Å². The van der Waals surface area contributed by atoms with Gasteiger partial charge in [0.05, 0.1) is 0 Å². The molecule has 0 amide bonds. The Labute approximate surface area is 82.0 Å². The first-order valence-electron chi connectivity index (χ1n) is 3.11. The standard InChI is InChI=1S/C7H9O2PS2/c1-3-4-5-6-7-9-10(8,11)12-2/h1H,4-5H2,2H3,(H,8,11). The molecule has 0 spiro atoms. The fourth-order valence-corrected chi connectivity index (χ4v) is 1.01. The van der Waals surface area contributed by atoms with Crippen molar-refractivity contribution in [3.8, 4) is 24.4 Å². The third-order valence-electron chi connectivity index (χ3n) is 0.858. The molecule has 0 saturated heterocycles. The molecule has 1 unspecified atom stereocenters. The molecule has 0 rings (SSSR count). The maximum Gasteiger partial charge on any atom is 0.303 e. The van der Waals surface area contributed by atoms with Crippen LogP contribution >= 0.6 is 17.1 Å². The van der Waals surface area contributed by atoms with Gasteiger partial charge in [-0.05, 0) is 18.1 Å². The molecule has 66 valence electrons. The summed E-state index contributed by atoms with van der Waals surface area (Å²) in [5.74, 6) is 5.09. The normalized spacial score (nSPS) is 13.4. The van der Waals surface area contributed by atoms with Crippen molar-refractivity contribution in [2.24, 2.45) is 0 Å². The average Bonchev–Trinajstić information content (AvgIpc) is 2.04. The molecule has 0 aromatic rings. The zero-order valence-electron chi connectivity index (χ0n) is 6.61. The van der Waals surface area contributed by atoms with Crippen LogP contribution in [0.25, 0.3) is 0 Å². The van der Waals surface area contributed by atoms with E-state index in [1.54, 1.807) is 6.26 Å². The second-order valence-corrected chi connectivity index (χ2v) is 7.97. The molecule has 0 aliphatic rings. The summed E-state index contributed by atoms with van der Waals surface area (Å²) in [6, 6.07) is 0. The van der Waals surface area contributed by atoms with Crippen LogP contribution in [-0.4, -0.2) is 11.1 Å². The molecule has 0 aliphatic heterocycles. The monoisotopic (exact) mass is 220 g/mol. The minimum absolute atomic E-state index is 0.570. The molecule has 0 aromatic heterocycles. The van der Waals surface area contributed by atoms with E-state index in [1.807, 2.05) is 0 Å². The van der Waals surface area contributed by atoms with Crippen molar-refractivity contribution in [3.63, 3.8) is 0 Å². The van der Waals surface area contributed by atoms with E-state index in [9.17, 15) is 4.89 Å². The van der Waals surface area contributed by atoms with Crippen molar-refractivity contribution in [1.82, 2.24) is 0 Å². The molecule has 0 bridgehead atoms. The number of hydrogen-bond donors (Lipinski definition) is 1. The van der Waals surface area contributed by atoms with Crippen molar-refractivity contribution in [2.45, 2.75) is 12.8 Å². The summed E-state index contributed by atoms with van der Waals surface area (Å²) in [4.78, 5) is 9.20. The number of rotatable bonds is 3. The number of terminal acetylenes is 1. The molecule has 0 aliphatic carbocycles. The lowest BCUT2D eigenvalue weighted by atomic mass is 10.3. The summed E-state index contributed by atoms with van der Waals surface area (Å²) in [5.41, 5.74) is -2.70. The largest absolute Gasteiger partial charge is 0.383 e. The Bertz CT molecular complexity index is 271. The van der Waals surface area contributed by atoms with E-state index < -0.39 is 5.69 Å². The van der Waals surface area contributed by atoms with Crippen LogP contribution in [-0.2, 0) is 16.3 Å². The summed E-state index contributed by atoms with van der Waals surface area (Å²) >= 11 is 5.79. The van der Waals surface area contributed by atoms with Gasteiger partial charge in [-0.3, -0.25) is 0 Å². The van der Waals surface area contributed by atoms with Gasteiger partial charge < -0.3 is 9.42 Å². The molecule has 0 fully saturated rings. The number of hydrogen-bond acceptors (Lipinski definition) is 3. The van der Waals surface area contributed by atoms with Gasteiger partial charge in [-0.1, -0.05) is 17.3 Å². The van der Waals surface area contributed by atoms with E-state index in [0.29, 0.717) is 12.8 Å².